The molecule has 5 heteroatoms. The first-order valence-electron chi connectivity index (χ1n) is 5.51. The van der Waals surface area contributed by atoms with Crippen LogP contribution in [0.25, 0.3) is 0 Å². The Hall–Kier alpha value is -2.43. The highest BCUT2D eigenvalue weighted by atomic mass is 16.6. The highest BCUT2D eigenvalue weighted by molar-refractivity contribution is 6.28. The minimum atomic E-state index is -0.0318. The number of ketones is 1. The minimum absolute atomic E-state index is 0.0318. The Kier molecular flexibility index (Phi) is 2.26. The Morgan fingerprint density at radius 3 is 2.72 bits per heavy atom. The second-order valence-corrected chi connectivity index (χ2v) is 4.05. The van der Waals surface area contributed by atoms with Crippen LogP contribution in [-0.4, -0.2) is 28.2 Å². The summed E-state index contributed by atoms with van der Waals surface area (Å²) in [5.74, 6) is -0.0318. The number of aromatic nitrogens is 2. The number of carbonyl (C=O) groups excluding carboxylic acids is 1. The lowest BCUT2D eigenvalue weighted by Crippen LogP contribution is -2.23. The van der Waals surface area contributed by atoms with E-state index in [0.29, 0.717) is 22.7 Å². The van der Waals surface area contributed by atoms with Crippen molar-refractivity contribution in [3.63, 3.8) is 0 Å². The zero-order valence-corrected chi connectivity index (χ0v) is 10.0. The summed E-state index contributed by atoms with van der Waals surface area (Å²) in [7, 11) is 3.27. The molecule has 0 fully saturated rings. The number of aryl methyl sites for hydroxylation is 1. The second kappa shape index (κ2) is 3.80. The molecule has 1 aromatic heterocycles. The zero-order valence-electron chi connectivity index (χ0n) is 10.0. The molecule has 0 saturated carbocycles. The van der Waals surface area contributed by atoms with Gasteiger partial charge in [0.25, 0.3) is 0 Å². The third kappa shape index (κ3) is 1.30. The minimum Gasteiger partial charge on any atom is -0.399 e. The lowest BCUT2D eigenvalue weighted by Gasteiger charge is -2.16. The summed E-state index contributed by atoms with van der Waals surface area (Å²) in [5.41, 5.74) is 3.11. The van der Waals surface area contributed by atoms with E-state index < -0.39 is 0 Å². The number of hydrogen-bond donors (Lipinski definition) is 0. The Labute approximate surface area is 104 Å². The summed E-state index contributed by atoms with van der Waals surface area (Å²) in [4.78, 5) is 21.5. The van der Waals surface area contributed by atoms with Crippen LogP contribution in [0.2, 0.25) is 0 Å². The molecule has 0 spiro atoms. The van der Waals surface area contributed by atoms with Crippen LogP contribution in [-0.2, 0) is 11.9 Å². The van der Waals surface area contributed by atoms with Crippen LogP contribution in [0.1, 0.15) is 27.3 Å². The fourth-order valence-corrected chi connectivity index (χ4v) is 2.20. The molecule has 18 heavy (non-hydrogen) atoms. The maximum absolute atomic E-state index is 12.4. The number of fused-ring (bicyclic) bond motifs is 2. The van der Waals surface area contributed by atoms with Crippen molar-refractivity contribution in [1.29, 1.82) is 0 Å². The molecule has 0 N–H and O–H groups in total. The predicted molar refractivity (Wildman–Crippen MR) is 65.7 cm³/mol. The van der Waals surface area contributed by atoms with E-state index in [-0.39, 0.29) is 5.78 Å². The zero-order chi connectivity index (χ0) is 12.7. The van der Waals surface area contributed by atoms with Gasteiger partial charge in [-0.2, -0.15) is 0 Å². The van der Waals surface area contributed by atoms with E-state index in [4.69, 9.17) is 4.84 Å². The lowest BCUT2D eigenvalue weighted by molar-refractivity contribution is 0.103. The van der Waals surface area contributed by atoms with Gasteiger partial charge in [-0.15, -0.1) is 0 Å². The third-order valence-electron chi connectivity index (χ3n) is 2.99. The third-order valence-corrected chi connectivity index (χ3v) is 2.99. The predicted octanol–water partition coefficient (Wildman–Crippen LogP) is 1.36. The highest BCUT2D eigenvalue weighted by Crippen LogP contribution is 2.26. The van der Waals surface area contributed by atoms with Gasteiger partial charge in [-0.1, -0.05) is 29.4 Å². The molecule has 1 heterocycles. The number of hydrogen-bond acceptors (Lipinski definition) is 4. The molecule has 1 aliphatic carbocycles. The van der Waals surface area contributed by atoms with Crippen LogP contribution in [0, 0.1) is 0 Å². The van der Waals surface area contributed by atoms with Crippen LogP contribution >= 0.6 is 0 Å². The van der Waals surface area contributed by atoms with E-state index in [1.165, 1.54) is 7.11 Å². The van der Waals surface area contributed by atoms with E-state index >= 15 is 0 Å². The van der Waals surface area contributed by atoms with Gasteiger partial charge >= 0.3 is 0 Å². The average Bonchev–Trinajstić information content (AvgIpc) is 2.77. The molecule has 0 aliphatic heterocycles. The van der Waals surface area contributed by atoms with Gasteiger partial charge in [0, 0.05) is 18.2 Å². The molecule has 90 valence electrons. The Morgan fingerprint density at radius 1 is 1.28 bits per heavy atom. The molecule has 0 radical (unpaired) electrons. The number of carbonyl (C=O) groups is 1. The number of rotatable bonds is 1. The molecule has 1 aliphatic rings. The van der Waals surface area contributed by atoms with E-state index in [0.717, 1.165) is 5.56 Å². The normalized spacial score (nSPS) is 15.4. The summed E-state index contributed by atoms with van der Waals surface area (Å²) in [6.45, 7) is 0. The second-order valence-electron chi connectivity index (χ2n) is 4.05. The summed E-state index contributed by atoms with van der Waals surface area (Å²) in [6.07, 6.45) is 1.61. The number of nitrogens with zero attached hydrogens (tertiary/aromatic N) is 3. The van der Waals surface area contributed by atoms with Gasteiger partial charge in [-0.05, 0) is 0 Å². The highest BCUT2D eigenvalue weighted by Gasteiger charge is 2.32. The van der Waals surface area contributed by atoms with Crippen LogP contribution in [0.15, 0.2) is 35.7 Å². The topological polar surface area (TPSA) is 56.5 Å². The van der Waals surface area contributed by atoms with E-state index in [1.54, 1.807) is 24.0 Å². The van der Waals surface area contributed by atoms with Crippen LogP contribution in [0.5, 0.6) is 0 Å². The molecular formula is C13H11N3O2. The fraction of sp³-hybridized carbons (Fsp3) is 0.154. The fourth-order valence-electron chi connectivity index (χ4n) is 2.20. The Morgan fingerprint density at radius 2 is 2.00 bits per heavy atom. The van der Waals surface area contributed by atoms with Gasteiger partial charge in [0.2, 0.25) is 5.78 Å². The molecule has 0 saturated heterocycles. The van der Waals surface area contributed by atoms with Crippen molar-refractivity contribution in [2.75, 3.05) is 7.11 Å². The summed E-state index contributed by atoms with van der Waals surface area (Å²) in [6, 6.07) is 7.34. The van der Waals surface area contributed by atoms with E-state index in [9.17, 15) is 4.79 Å². The van der Waals surface area contributed by atoms with Gasteiger partial charge in [0.15, 0.2) is 0 Å². The molecule has 0 amide bonds. The molecule has 0 unspecified atom stereocenters. The maximum atomic E-state index is 12.4. The van der Waals surface area contributed by atoms with Crippen molar-refractivity contribution in [2.24, 2.45) is 12.2 Å². The van der Waals surface area contributed by atoms with E-state index in [2.05, 4.69) is 10.1 Å². The van der Waals surface area contributed by atoms with Crippen LogP contribution < -0.4 is 0 Å². The monoisotopic (exact) mass is 241 g/mol. The molecule has 0 atom stereocenters. The first kappa shape index (κ1) is 10.7. The smallest absolute Gasteiger partial charge is 0.212 e. The quantitative estimate of drug-likeness (QED) is 0.604. The Balaban J connectivity index is 2.35. The molecule has 2 aromatic rings. The van der Waals surface area contributed by atoms with Crippen molar-refractivity contribution < 1.29 is 9.63 Å². The number of benzene rings is 1. The van der Waals surface area contributed by atoms with Gasteiger partial charge in [0.05, 0.1) is 6.33 Å². The number of imidazole rings is 1. The standard InChI is InChI=1S/C13H11N3O2/c1-16-7-14-11-10(15-18-2)8-5-3-4-6-9(8)13(17)12(11)16/h3-7H,1-2H3/b15-10-. The molecule has 1 aromatic carbocycles. The lowest BCUT2D eigenvalue weighted by atomic mass is 9.89. The van der Waals surface area contributed by atoms with Crippen LogP contribution in [0.4, 0.5) is 0 Å². The SMILES string of the molecule is CO/N=C1/c2ccccc2C(=O)c2c1ncn2C. The first-order chi connectivity index (χ1) is 8.74. The molecule has 0 bridgehead atoms. The summed E-state index contributed by atoms with van der Waals surface area (Å²) in [5, 5.41) is 4.00. The first-order valence-corrected chi connectivity index (χ1v) is 5.51. The van der Waals surface area contributed by atoms with Crippen molar-refractivity contribution in [2.45, 2.75) is 0 Å². The van der Waals surface area contributed by atoms with E-state index in [1.807, 2.05) is 18.2 Å². The van der Waals surface area contributed by atoms with Gasteiger partial charge in [-0.25, -0.2) is 4.98 Å². The largest absolute Gasteiger partial charge is 0.399 e. The van der Waals surface area contributed by atoms with Crippen molar-refractivity contribution in [3.05, 3.63) is 53.1 Å². The number of oxime groups is 1. The maximum Gasteiger partial charge on any atom is 0.212 e. The van der Waals surface area contributed by atoms with Gasteiger partial charge in [0.1, 0.15) is 24.2 Å². The Bertz CT molecular complexity index is 671. The van der Waals surface area contributed by atoms with Crippen molar-refractivity contribution in [3.8, 4) is 0 Å². The van der Waals surface area contributed by atoms with Gasteiger partial charge in [-0.3, -0.25) is 4.79 Å². The summed E-state index contributed by atoms with van der Waals surface area (Å²) < 4.78 is 1.71. The molecular weight excluding hydrogens is 230 g/mol. The summed E-state index contributed by atoms with van der Waals surface area (Å²) >= 11 is 0. The molecule has 3 rings (SSSR count). The molecule has 5 nitrogen and oxygen atoms in total. The van der Waals surface area contributed by atoms with Crippen molar-refractivity contribution >= 4 is 11.5 Å². The van der Waals surface area contributed by atoms with Crippen molar-refractivity contribution in [1.82, 2.24) is 9.55 Å². The van der Waals surface area contributed by atoms with Crippen LogP contribution in [0.3, 0.4) is 0 Å². The average molecular weight is 241 g/mol. The van der Waals surface area contributed by atoms with Gasteiger partial charge < -0.3 is 9.40 Å².